The number of amides is 9. The van der Waals surface area contributed by atoms with Gasteiger partial charge in [-0.1, -0.05) is 92.7 Å². The number of alkyl halides is 1. The highest BCUT2D eigenvalue weighted by molar-refractivity contribution is 14.1. The predicted octanol–water partition coefficient (Wildman–Crippen LogP) is 7.05. The Morgan fingerprint density at radius 2 is 1.51 bits per heavy atom. The van der Waals surface area contributed by atoms with Crippen LogP contribution in [0.4, 0.5) is 20.6 Å². The van der Waals surface area contributed by atoms with Gasteiger partial charge in [0.2, 0.25) is 35.1 Å². The minimum atomic E-state index is -1.58. The van der Waals surface area contributed by atoms with Crippen molar-refractivity contribution < 1.29 is 52.3 Å². The van der Waals surface area contributed by atoms with Crippen molar-refractivity contribution in [3.05, 3.63) is 94.3 Å². The maximum Gasteiger partial charge on any atom is 0.418 e. The molecule has 2 unspecified atom stereocenters. The van der Waals surface area contributed by atoms with Gasteiger partial charge in [-0.2, -0.15) is 0 Å². The third-order valence-electron chi connectivity index (χ3n) is 13.5. The average Bonchev–Trinajstić information content (AvgIpc) is 3.90. The number of aryl methyl sites for hydroxylation is 1. The van der Waals surface area contributed by atoms with Gasteiger partial charge in [0.1, 0.15) is 18.4 Å². The van der Waals surface area contributed by atoms with Crippen LogP contribution in [0.5, 0.6) is 0 Å². The lowest BCUT2D eigenvalue weighted by Gasteiger charge is -2.31. The summed E-state index contributed by atoms with van der Waals surface area (Å²) >= 11 is 2.18. The summed E-state index contributed by atoms with van der Waals surface area (Å²) in [6.07, 6.45) is 9.34. The van der Waals surface area contributed by atoms with Crippen molar-refractivity contribution >= 4 is 87.3 Å². The fraction of sp³-hybridized carbons (Fsp3) is 0.481. The summed E-state index contributed by atoms with van der Waals surface area (Å²) < 4.78 is 19.7. The van der Waals surface area contributed by atoms with Crippen molar-refractivity contribution in [2.45, 2.75) is 138 Å². The Hall–Kier alpha value is -6.25. The van der Waals surface area contributed by atoms with E-state index < -0.39 is 71.6 Å². The first kappa shape index (κ1) is 52.6. The minimum absolute atomic E-state index is 0.0430. The van der Waals surface area contributed by atoms with Crippen LogP contribution in [-0.4, -0.2) is 104 Å². The highest BCUT2D eigenvalue weighted by Gasteiger charge is 2.58. The van der Waals surface area contributed by atoms with Crippen LogP contribution in [-0.2, 0) is 52.1 Å². The maximum atomic E-state index is 14.0. The number of carbonyl (C=O) groups is 9. The molecule has 3 heterocycles. The number of hydrogen-bond donors (Lipinski definition) is 4. The first-order valence-corrected chi connectivity index (χ1v) is 25.8. The van der Waals surface area contributed by atoms with Gasteiger partial charge in [0.25, 0.3) is 17.7 Å². The molecule has 3 aromatic rings. The van der Waals surface area contributed by atoms with E-state index in [1.807, 2.05) is 6.92 Å². The summed E-state index contributed by atoms with van der Waals surface area (Å²) in [5.74, 6) is -4.04. The Bertz CT molecular complexity index is 2560. The molecule has 3 aliphatic heterocycles. The smallest absolute Gasteiger partial charge is 0.418 e. The maximum absolute atomic E-state index is 14.0. The SMILES string of the molecule is CC(I)CC(=O)Nc1ccc2c(c1)CC[C@@]21OC(=O)N(CC(=O)N(Cc2ccc(F)cc2)[C@@H](C)CNC(=O)CCCCCCCCCCCNc2ccc3c(c2)C(=O)N(C2CCC(=O)NC2=O)C3=O)C1=O. The molecule has 0 radical (unpaired) electrons. The van der Waals surface area contributed by atoms with Crippen LogP contribution in [0.1, 0.15) is 141 Å². The molecule has 7 rings (SSSR count). The van der Waals surface area contributed by atoms with Crippen LogP contribution in [0, 0.1) is 5.82 Å². The molecule has 4 aliphatic rings. The normalized spacial score (nSPS) is 19.1. The number of carbonyl (C=O) groups excluding carboxylic acids is 9. The Labute approximate surface area is 425 Å². The van der Waals surface area contributed by atoms with Crippen molar-refractivity contribution in [3.8, 4) is 0 Å². The van der Waals surface area contributed by atoms with Crippen molar-refractivity contribution in [1.82, 2.24) is 25.3 Å². The van der Waals surface area contributed by atoms with Crippen LogP contribution in [0.2, 0.25) is 0 Å². The number of ether oxygens (including phenoxy) is 1. The van der Waals surface area contributed by atoms with E-state index in [9.17, 15) is 47.5 Å². The van der Waals surface area contributed by atoms with E-state index >= 15 is 0 Å². The van der Waals surface area contributed by atoms with Gasteiger partial charge in [0, 0.05) is 72.2 Å². The van der Waals surface area contributed by atoms with Crippen molar-refractivity contribution in [2.24, 2.45) is 0 Å². The Morgan fingerprint density at radius 1 is 0.831 bits per heavy atom. The lowest BCUT2D eigenvalue weighted by Crippen LogP contribution is -2.54. The zero-order valence-electron chi connectivity index (χ0n) is 40.1. The second-order valence-electron chi connectivity index (χ2n) is 18.9. The van der Waals surface area contributed by atoms with Gasteiger partial charge in [-0.15, -0.1) is 0 Å². The van der Waals surface area contributed by atoms with E-state index in [1.54, 1.807) is 55.5 Å². The minimum Gasteiger partial charge on any atom is -0.427 e. The van der Waals surface area contributed by atoms with Gasteiger partial charge in [-0.05, 0) is 86.2 Å². The number of benzene rings is 3. The largest absolute Gasteiger partial charge is 0.427 e. The molecule has 1 aliphatic carbocycles. The van der Waals surface area contributed by atoms with Crippen molar-refractivity contribution in [2.75, 3.05) is 30.3 Å². The van der Waals surface area contributed by atoms with Gasteiger partial charge in [-0.25, -0.2) is 14.1 Å². The molecular formula is C52H61FIN7O10. The summed E-state index contributed by atoms with van der Waals surface area (Å²) in [6.45, 7) is 3.96. The van der Waals surface area contributed by atoms with Gasteiger partial charge < -0.3 is 25.6 Å². The molecule has 0 bridgehead atoms. The van der Waals surface area contributed by atoms with Crippen molar-refractivity contribution in [3.63, 3.8) is 0 Å². The molecule has 378 valence electrons. The highest BCUT2D eigenvalue weighted by Crippen LogP contribution is 2.46. The summed E-state index contributed by atoms with van der Waals surface area (Å²) in [7, 11) is 0. The average molecular weight is 1090 g/mol. The van der Waals surface area contributed by atoms with E-state index in [1.165, 1.54) is 17.0 Å². The third kappa shape index (κ3) is 12.8. The molecule has 71 heavy (non-hydrogen) atoms. The van der Waals surface area contributed by atoms with Gasteiger partial charge in [0.15, 0.2) is 0 Å². The topological polar surface area (TPSA) is 221 Å². The molecule has 19 heteroatoms. The van der Waals surface area contributed by atoms with Crippen LogP contribution < -0.4 is 21.3 Å². The summed E-state index contributed by atoms with van der Waals surface area (Å²) in [6, 6.07) is 14.2. The number of imide groups is 3. The number of nitrogens with one attached hydrogen (secondary N) is 4. The fourth-order valence-electron chi connectivity index (χ4n) is 9.62. The molecule has 4 atom stereocenters. The van der Waals surface area contributed by atoms with Crippen LogP contribution in [0.3, 0.4) is 0 Å². The number of hydrogen-bond acceptors (Lipinski definition) is 11. The van der Waals surface area contributed by atoms with Crippen molar-refractivity contribution in [1.29, 1.82) is 0 Å². The quantitative estimate of drug-likeness (QED) is 0.0308. The Kier molecular flexibility index (Phi) is 17.6. The van der Waals surface area contributed by atoms with Gasteiger partial charge in [-0.3, -0.25) is 48.6 Å². The van der Waals surface area contributed by atoms with E-state index in [0.717, 1.165) is 66.7 Å². The molecule has 0 saturated carbocycles. The van der Waals surface area contributed by atoms with Crippen LogP contribution >= 0.6 is 22.6 Å². The molecular weight excluding hydrogens is 1030 g/mol. The van der Waals surface area contributed by atoms with Gasteiger partial charge >= 0.3 is 6.09 Å². The third-order valence-corrected chi connectivity index (χ3v) is 13.9. The number of rotatable bonds is 24. The highest BCUT2D eigenvalue weighted by atomic mass is 127. The van der Waals surface area contributed by atoms with E-state index in [2.05, 4.69) is 43.9 Å². The molecule has 1 spiro atoms. The zero-order chi connectivity index (χ0) is 50.8. The molecule has 3 aromatic carbocycles. The molecule has 0 aromatic heterocycles. The van der Waals surface area contributed by atoms with E-state index in [0.29, 0.717) is 54.7 Å². The molecule has 4 N–H and O–H groups in total. The van der Waals surface area contributed by atoms with E-state index in [4.69, 9.17) is 4.74 Å². The molecule has 17 nitrogen and oxygen atoms in total. The zero-order valence-corrected chi connectivity index (χ0v) is 42.3. The Morgan fingerprint density at radius 3 is 2.21 bits per heavy atom. The summed E-state index contributed by atoms with van der Waals surface area (Å²) in [5.41, 5.74) is 2.10. The van der Waals surface area contributed by atoms with E-state index in [-0.39, 0.29) is 59.2 Å². The fourth-order valence-corrected chi connectivity index (χ4v) is 10.0. The van der Waals surface area contributed by atoms with Crippen LogP contribution in [0.15, 0.2) is 60.7 Å². The summed E-state index contributed by atoms with van der Waals surface area (Å²) in [5, 5.41) is 11.3. The second kappa shape index (κ2) is 23.8. The Balaban J connectivity index is 0.789. The number of halogens is 2. The number of fused-ring (bicyclic) bond motifs is 3. The molecule has 9 amide bonds. The first-order valence-electron chi connectivity index (χ1n) is 24.6. The monoisotopic (exact) mass is 1090 g/mol. The number of nitrogens with zero attached hydrogens (tertiary/aromatic N) is 3. The summed E-state index contributed by atoms with van der Waals surface area (Å²) in [4.78, 5) is 120. The van der Waals surface area contributed by atoms with Gasteiger partial charge in [0.05, 0.1) is 11.1 Å². The first-order chi connectivity index (χ1) is 34.0. The number of piperidine rings is 1. The molecule has 2 fully saturated rings. The number of anilines is 2. The standard InChI is InChI=1S/C52H61FIN7O10/c1-32(54)26-45(64)57-38-18-20-41-35(27-38)23-24-52(41)50(69)60(51(70)71-52)31-46(65)59(30-34-13-15-36(53)16-14-34)33(2)29-56-43(62)12-10-8-6-4-3-5-7-9-11-25-55-37-17-19-39-40(28-37)49(68)61(48(39)67)42-21-22-44(63)58-47(42)66/h13-20,27-28,32-33,42,55H,3-12,21-26,29-31H2,1-2H3,(H,56,62)(H,57,64)(H,58,63,66)/t32?,33-,42?,52+/m0/s1. The predicted molar refractivity (Wildman–Crippen MR) is 269 cm³/mol. The second-order valence-corrected chi connectivity index (χ2v) is 21.0. The number of unbranched alkanes of at least 4 members (excludes halogenated alkanes) is 8. The lowest BCUT2D eigenvalue weighted by molar-refractivity contribution is -0.143. The van der Waals surface area contributed by atoms with Crippen LogP contribution in [0.25, 0.3) is 0 Å². The lowest BCUT2D eigenvalue weighted by atomic mass is 9.94. The molecule has 2 saturated heterocycles.